The van der Waals surface area contributed by atoms with E-state index in [0.29, 0.717) is 23.5 Å². The molecule has 1 heteroatoms. The lowest BCUT2D eigenvalue weighted by atomic mass is 9.77. The summed E-state index contributed by atoms with van der Waals surface area (Å²) in [5, 5.41) is 11.1. The van der Waals surface area contributed by atoms with Crippen molar-refractivity contribution in [1.29, 1.82) is 0 Å². The summed E-state index contributed by atoms with van der Waals surface area (Å²) < 4.78 is 0. The Morgan fingerprint density at radius 3 is 1.70 bits per heavy atom. The number of aromatic hydroxyl groups is 1. The number of hydrogen-bond acceptors (Lipinski definition) is 1. The molecule has 2 aliphatic carbocycles. The third-order valence-electron chi connectivity index (χ3n) is 6.46. The molecule has 3 rings (SSSR count). The van der Waals surface area contributed by atoms with Gasteiger partial charge in [0.05, 0.1) is 0 Å². The molecule has 1 aromatic rings. The van der Waals surface area contributed by atoms with Crippen LogP contribution < -0.4 is 0 Å². The molecule has 0 amide bonds. The van der Waals surface area contributed by atoms with E-state index >= 15 is 0 Å². The highest BCUT2D eigenvalue weighted by atomic mass is 16.3. The van der Waals surface area contributed by atoms with Crippen LogP contribution in [0.5, 0.6) is 5.75 Å². The van der Waals surface area contributed by atoms with Crippen LogP contribution in [0.4, 0.5) is 0 Å². The summed E-state index contributed by atoms with van der Waals surface area (Å²) >= 11 is 0. The predicted octanol–water partition coefficient (Wildman–Crippen LogP) is 7.00. The lowest BCUT2D eigenvalue weighted by Gasteiger charge is -2.29. The van der Waals surface area contributed by atoms with Gasteiger partial charge in [0.1, 0.15) is 5.75 Å². The fourth-order valence-electron chi connectivity index (χ4n) is 4.67. The molecule has 0 aromatic heterocycles. The Bertz CT molecular complexity index is 468. The Morgan fingerprint density at radius 2 is 1.30 bits per heavy atom. The van der Waals surface area contributed by atoms with Crippen LogP contribution in [0, 0.1) is 0 Å². The molecule has 0 heterocycles. The molecule has 1 nitrogen and oxygen atoms in total. The van der Waals surface area contributed by atoms with Gasteiger partial charge in [-0.25, -0.2) is 0 Å². The Kier molecular flexibility index (Phi) is 5.67. The van der Waals surface area contributed by atoms with Crippen LogP contribution in [0.3, 0.4) is 0 Å². The summed E-state index contributed by atoms with van der Waals surface area (Å²) in [7, 11) is 0. The largest absolute Gasteiger partial charge is 0.507 e. The molecule has 1 aromatic carbocycles. The maximum atomic E-state index is 11.1. The van der Waals surface area contributed by atoms with E-state index in [1.165, 1.54) is 87.3 Å². The molecule has 2 aliphatic rings. The van der Waals surface area contributed by atoms with E-state index in [1.807, 2.05) is 0 Å². The van der Waals surface area contributed by atoms with Gasteiger partial charge < -0.3 is 5.11 Å². The van der Waals surface area contributed by atoms with Gasteiger partial charge in [-0.05, 0) is 66.5 Å². The number of benzene rings is 1. The van der Waals surface area contributed by atoms with E-state index in [-0.39, 0.29) is 0 Å². The number of phenolic OH excluding ortho intramolecular Hbond substituents is 1. The quantitative estimate of drug-likeness (QED) is 0.634. The van der Waals surface area contributed by atoms with Gasteiger partial charge in [-0.3, -0.25) is 0 Å². The molecule has 2 fully saturated rings. The first-order chi connectivity index (χ1) is 11.2. The van der Waals surface area contributed by atoms with Crippen LogP contribution in [0.1, 0.15) is 119 Å². The average molecular weight is 315 g/mol. The van der Waals surface area contributed by atoms with Crippen molar-refractivity contribution in [3.63, 3.8) is 0 Å². The van der Waals surface area contributed by atoms with Crippen LogP contribution in [0.15, 0.2) is 12.1 Å². The molecule has 128 valence electrons. The highest BCUT2D eigenvalue weighted by molar-refractivity contribution is 5.48. The van der Waals surface area contributed by atoms with Crippen molar-refractivity contribution in [2.45, 2.75) is 102 Å². The molecule has 0 bridgehead atoms. The van der Waals surface area contributed by atoms with Gasteiger partial charge >= 0.3 is 0 Å². The van der Waals surface area contributed by atoms with Crippen molar-refractivity contribution in [3.8, 4) is 5.75 Å². The van der Waals surface area contributed by atoms with Crippen LogP contribution in [0.25, 0.3) is 0 Å². The predicted molar refractivity (Wildman–Crippen MR) is 98.5 cm³/mol. The van der Waals surface area contributed by atoms with E-state index in [4.69, 9.17) is 0 Å². The SMILES string of the molecule is CCC(C)c1cc(C2CCCCC2)c(O)c(C2CCCCC2)c1. The molecular formula is C22H34O. The van der Waals surface area contributed by atoms with Crippen molar-refractivity contribution in [1.82, 2.24) is 0 Å². The summed E-state index contributed by atoms with van der Waals surface area (Å²) in [5.41, 5.74) is 4.03. The topological polar surface area (TPSA) is 20.2 Å². The van der Waals surface area contributed by atoms with Crippen molar-refractivity contribution in [2.75, 3.05) is 0 Å². The minimum Gasteiger partial charge on any atom is -0.507 e. The smallest absolute Gasteiger partial charge is 0.122 e. The van der Waals surface area contributed by atoms with E-state index in [9.17, 15) is 5.11 Å². The van der Waals surface area contributed by atoms with Crippen molar-refractivity contribution >= 4 is 0 Å². The Labute approximate surface area is 142 Å². The molecule has 23 heavy (non-hydrogen) atoms. The molecule has 1 unspecified atom stereocenters. The number of hydrogen-bond donors (Lipinski definition) is 1. The van der Waals surface area contributed by atoms with E-state index < -0.39 is 0 Å². The highest BCUT2D eigenvalue weighted by Gasteiger charge is 2.26. The summed E-state index contributed by atoms with van der Waals surface area (Å²) in [6, 6.07) is 4.71. The maximum absolute atomic E-state index is 11.1. The van der Waals surface area contributed by atoms with Gasteiger partial charge in [-0.1, -0.05) is 64.5 Å². The van der Waals surface area contributed by atoms with E-state index in [2.05, 4.69) is 26.0 Å². The molecule has 1 N–H and O–H groups in total. The zero-order valence-corrected chi connectivity index (χ0v) is 15.1. The Hall–Kier alpha value is -0.980. The van der Waals surface area contributed by atoms with Gasteiger partial charge in [-0.15, -0.1) is 0 Å². The first-order valence-electron chi connectivity index (χ1n) is 10.1. The summed E-state index contributed by atoms with van der Waals surface area (Å²) in [6.45, 7) is 4.61. The summed E-state index contributed by atoms with van der Waals surface area (Å²) in [5.74, 6) is 2.45. The summed E-state index contributed by atoms with van der Waals surface area (Å²) in [4.78, 5) is 0. The highest BCUT2D eigenvalue weighted by Crippen LogP contribution is 2.45. The fraction of sp³-hybridized carbons (Fsp3) is 0.727. The lowest BCUT2D eigenvalue weighted by molar-refractivity contribution is 0.392. The van der Waals surface area contributed by atoms with Gasteiger partial charge in [0, 0.05) is 0 Å². The molecular weight excluding hydrogens is 280 g/mol. The number of phenols is 1. The van der Waals surface area contributed by atoms with E-state index in [1.54, 1.807) is 0 Å². The van der Waals surface area contributed by atoms with Gasteiger partial charge in [0.15, 0.2) is 0 Å². The monoisotopic (exact) mass is 314 g/mol. The van der Waals surface area contributed by atoms with Crippen molar-refractivity contribution in [3.05, 3.63) is 28.8 Å². The first-order valence-corrected chi connectivity index (χ1v) is 10.1. The standard InChI is InChI=1S/C22H34O/c1-3-16(2)19-14-20(17-10-6-4-7-11-17)22(23)21(15-19)18-12-8-5-9-13-18/h14-18,23H,3-13H2,1-2H3. The molecule has 2 saturated carbocycles. The normalized spacial score (nSPS) is 22.2. The lowest BCUT2D eigenvalue weighted by Crippen LogP contribution is -2.10. The molecule has 0 radical (unpaired) electrons. The van der Waals surface area contributed by atoms with Crippen LogP contribution in [-0.2, 0) is 0 Å². The zero-order valence-electron chi connectivity index (χ0n) is 15.1. The van der Waals surface area contributed by atoms with E-state index in [0.717, 1.165) is 0 Å². The summed E-state index contributed by atoms with van der Waals surface area (Å²) in [6.07, 6.45) is 14.3. The fourth-order valence-corrected chi connectivity index (χ4v) is 4.67. The second-order valence-corrected chi connectivity index (χ2v) is 8.03. The van der Waals surface area contributed by atoms with Crippen molar-refractivity contribution in [2.24, 2.45) is 0 Å². The van der Waals surface area contributed by atoms with Gasteiger partial charge in [-0.2, -0.15) is 0 Å². The minimum absolute atomic E-state index is 0.593. The minimum atomic E-state index is 0.593. The average Bonchev–Trinajstić information content (AvgIpc) is 2.62. The third kappa shape index (κ3) is 3.75. The molecule has 0 saturated heterocycles. The van der Waals surface area contributed by atoms with Crippen LogP contribution >= 0.6 is 0 Å². The number of rotatable bonds is 4. The molecule has 1 atom stereocenters. The third-order valence-corrected chi connectivity index (χ3v) is 6.46. The Morgan fingerprint density at radius 1 is 0.870 bits per heavy atom. The van der Waals surface area contributed by atoms with Crippen molar-refractivity contribution < 1.29 is 5.11 Å². The second-order valence-electron chi connectivity index (χ2n) is 8.03. The van der Waals surface area contributed by atoms with Crippen LogP contribution in [0.2, 0.25) is 0 Å². The van der Waals surface area contributed by atoms with Crippen LogP contribution in [-0.4, -0.2) is 5.11 Å². The maximum Gasteiger partial charge on any atom is 0.122 e. The molecule has 0 spiro atoms. The molecule has 0 aliphatic heterocycles. The van der Waals surface area contributed by atoms with Gasteiger partial charge in [0.25, 0.3) is 0 Å². The Balaban J connectivity index is 1.99. The second kappa shape index (κ2) is 7.73. The first kappa shape index (κ1) is 16.9. The zero-order chi connectivity index (χ0) is 16.2. The van der Waals surface area contributed by atoms with Gasteiger partial charge in [0.2, 0.25) is 0 Å².